The van der Waals surface area contributed by atoms with E-state index < -0.39 is 0 Å². The topological polar surface area (TPSA) is 135 Å². The molecular weight excluding hydrogens is 532 g/mol. The summed E-state index contributed by atoms with van der Waals surface area (Å²) in [6.45, 7) is 0.418. The number of methoxy groups -OCH3 is 1. The van der Waals surface area contributed by atoms with Crippen LogP contribution in [0, 0.1) is 11.3 Å². The fourth-order valence-electron chi connectivity index (χ4n) is 4.62. The van der Waals surface area contributed by atoms with Gasteiger partial charge in [0.15, 0.2) is 11.5 Å². The number of anilines is 2. The number of rotatable bonds is 6. The molecule has 202 valence electrons. The maximum atomic E-state index is 13.1. The first-order valence-electron chi connectivity index (χ1n) is 12.3. The van der Waals surface area contributed by atoms with E-state index in [0.717, 1.165) is 5.56 Å². The Morgan fingerprint density at radius 2 is 1.95 bits per heavy atom. The Bertz CT molecular complexity index is 1700. The lowest BCUT2D eigenvalue weighted by Crippen LogP contribution is -2.25. The van der Waals surface area contributed by atoms with Crippen LogP contribution in [0.3, 0.4) is 0 Å². The Kier molecular flexibility index (Phi) is 7.15. The van der Waals surface area contributed by atoms with E-state index in [-0.39, 0.29) is 41.5 Å². The van der Waals surface area contributed by atoms with Gasteiger partial charge in [0.25, 0.3) is 5.91 Å². The molecule has 1 saturated heterocycles. The molecule has 0 unspecified atom stereocenters. The van der Waals surface area contributed by atoms with Gasteiger partial charge in [0.05, 0.1) is 23.2 Å². The first kappa shape index (κ1) is 26.7. The SMILES string of the molecule is COc1cccc(C#N)c1Oc1cc([C@H]2CC(=O)N(c3ccc4nc(C(=O)N(C)C)nc(N)c4c3)C2)ccc1Cl. The number of para-hydroxylation sites is 1. The van der Waals surface area contributed by atoms with Gasteiger partial charge in [-0.25, -0.2) is 9.97 Å². The summed E-state index contributed by atoms with van der Waals surface area (Å²) < 4.78 is 11.4. The average Bonchev–Trinajstić information content (AvgIpc) is 3.34. The molecule has 4 aromatic rings. The Hall–Kier alpha value is -4.88. The van der Waals surface area contributed by atoms with Crippen LogP contribution in [0.2, 0.25) is 5.02 Å². The Morgan fingerprint density at radius 3 is 2.67 bits per heavy atom. The number of ether oxygens (including phenoxy) is 2. The molecule has 3 aromatic carbocycles. The summed E-state index contributed by atoms with van der Waals surface area (Å²) in [5.41, 5.74) is 8.50. The summed E-state index contributed by atoms with van der Waals surface area (Å²) in [7, 11) is 4.72. The van der Waals surface area contributed by atoms with Crippen molar-refractivity contribution in [1.82, 2.24) is 14.9 Å². The average molecular weight is 557 g/mol. The molecule has 2 heterocycles. The summed E-state index contributed by atoms with van der Waals surface area (Å²) in [5.74, 6) is 0.647. The molecule has 11 heteroatoms. The number of nitrogen functional groups attached to an aromatic ring is 1. The molecule has 40 heavy (non-hydrogen) atoms. The van der Waals surface area contributed by atoms with Gasteiger partial charge in [-0.05, 0) is 48.0 Å². The van der Waals surface area contributed by atoms with Crippen LogP contribution in [-0.2, 0) is 4.79 Å². The predicted molar refractivity (Wildman–Crippen MR) is 151 cm³/mol. The summed E-state index contributed by atoms with van der Waals surface area (Å²) >= 11 is 6.44. The molecule has 1 atom stereocenters. The van der Waals surface area contributed by atoms with Gasteiger partial charge in [0, 0.05) is 44.1 Å². The number of hydrogen-bond acceptors (Lipinski definition) is 8. The van der Waals surface area contributed by atoms with Crippen molar-refractivity contribution >= 4 is 45.8 Å². The smallest absolute Gasteiger partial charge is 0.291 e. The standard InChI is InChI=1S/C29H25ClN6O4/c1-35(2)29(38)28-33-22-10-8-19(13-20(22)27(32)34-28)36-15-18(12-25(36)37)16-7-9-21(30)24(11-16)40-26-17(14-31)5-4-6-23(26)39-3/h4-11,13,18H,12,15H2,1-3H3,(H2,32,33,34)/t18-/m0/s1. The summed E-state index contributed by atoms with van der Waals surface area (Å²) in [6, 6.07) is 17.8. The van der Waals surface area contributed by atoms with Crippen LogP contribution >= 0.6 is 11.6 Å². The highest BCUT2D eigenvalue weighted by Gasteiger charge is 2.32. The third-order valence-electron chi connectivity index (χ3n) is 6.70. The third-order valence-corrected chi connectivity index (χ3v) is 7.01. The van der Waals surface area contributed by atoms with E-state index >= 15 is 0 Å². The van der Waals surface area contributed by atoms with Crippen LogP contribution in [0.1, 0.15) is 34.1 Å². The lowest BCUT2D eigenvalue weighted by atomic mass is 9.98. The number of carbonyl (C=O) groups is 2. The summed E-state index contributed by atoms with van der Waals surface area (Å²) in [5, 5.41) is 10.4. The zero-order valence-corrected chi connectivity index (χ0v) is 22.8. The molecule has 10 nitrogen and oxygen atoms in total. The minimum atomic E-state index is -0.351. The second-order valence-electron chi connectivity index (χ2n) is 9.48. The fourth-order valence-corrected chi connectivity index (χ4v) is 4.77. The fraction of sp³-hybridized carbons (Fsp3) is 0.207. The van der Waals surface area contributed by atoms with Crippen molar-refractivity contribution in [1.29, 1.82) is 5.26 Å². The van der Waals surface area contributed by atoms with Crippen LogP contribution in [0.5, 0.6) is 17.2 Å². The van der Waals surface area contributed by atoms with Crippen LogP contribution < -0.4 is 20.1 Å². The summed E-state index contributed by atoms with van der Waals surface area (Å²) in [4.78, 5) is 37.0. The van der Waals surface area contributed by atoms with Gasteiger partial charge in [0.2, 0.25) is 11.7 Å². The largest absolute Gasteiger partial charge is 0.493 e. The van der Waals surface area contributed by atoms with Crippen molar-refractivity contribution in [3.05, 3.63) is 76.6 Å². The molecule has 1 aliphatic rings. The molecule has 0 aliphatic carbocycles. The molecule has 2 N–H and O–H groups in total. The Balaban J connectivity index is 1.42. The molecule has 1 aliphatic heterocycles. The number of nitriles is 1. The number of aromatic nitrogens is 2. The number of amides is 2. The van der Waals surface area contributed by atoms with Crippen molar-refractivity contribution < 1.29 is 19.1 Å². The monoisotopic (exact) mass is 556 g/mol. The normalized spacial score (nSPS) is 14.7. The lowest BCUT2D eigenvalue weighted by molar-refractivity contribution is -0.117. The molecule has 5 rings (SSSR count). The Labute approximate surface area is 235 Å². The number of benzene rings is 3. The van der Waals surface area contributed by atoms with Crippen molar-refractivity contribution in [3.8, 4) is 23.3 Å². The van der Waals surface area contributed by atoms with Gasteiger partial charge in [-0.3, -0.25) is 9.59 Å². The van der Waals surface area contributed by atoms with Crippen LogP contribution in [0.4, 0.5) is 11.5 Å². The number of nitrogens with zero attached hydrogens (tertiary/aromatic N) is 5. The van der Waals surface area contributed by atoms with Crippen LogP contribution in [0.15, 0.2) is 54.6 Å². The molecule has 0 saturated carbocycles. The van der Waals surface area contributed by atoms with Crippen molar-refractivity contribution in [2.24, 2.45) is 0 Å². The first-order valence-corrected chi connectivity index (χ1v) is 12.7. The van der Waals surface area contributed by atoms with Gasteiger partial charge >= 0.3 is 0 Å². The first-order chi connectivity index (χ1) is 19.2. The van der Waals surface area contributed by atoms with Crippen LogP contribution in [0.25, 0.3) is 10.9 Å². The second kappa shape index (κ2) is 10.7. The van der Waals surface area contributed by atoms with E-state index in [2.05, 4.69) is 16.0 Å². The van der Waals surface area contributed by atoms with Gasteiger partial charge < -0.3 is 25.0 Å². The van der Waals surface area contributed by atoms with Gasteiger partial charge in [-0.15, -0.1) is 0 Å². The number of hydrogen-bond donors (Lipinski definition) is 1. The molecular formula is C29H25ClN6O4. The van der Waals surface area contributed by atoms with Gasteiger partial charge in [-0.1, -0.05) is 23.7 Å². The molecule has 1 aromatic heterocycles. The number of fused-ring (bicyclic) bond motifs is 1. The quantitative estimate of drug-likeness (QED) is 0.359. The van der Waals surface area contributed by atoms with E-state index in [1.165, 1.54) is 12.0 Å². The van der Waals surface area contributed by atoms with Crippen LogP contribution in [-0.4, -0.2) is 54.4 Å². The van der Waals surface area contributed by atoms with E-state index in [1.54, 1.807) is 67.5 Å². The summed E-state index contributed by atoms with van der Waals surface area (Å²) in [6.07, 6.45) is 0.277. The van der Waals surface area contributed by atoms with E-state index in [4.69, 9.17) is 26.8 Å². The lowest BCUT2D eigenvalue weighted by Gasteiger charge is -2.19. The third kappa shape index (κ3) is 4.95. The number of halogens is 1. The van der Waals surface area contributed by atoms with Crippen molar-refractivity contribution in [2.75, 3.05) is 38.4 Å². The van der Waals surface area contributed by atoms with Gasteiger partial charge in [0.1, 0.15) is 17.6 Å². The molecule has 0 radical (unpaired) electrons. The highest BCUT2D eigenvalue weighted by molar-refractivity contribution is 6.32. The van der Waals surface area contributed by atoms with Gasteiger partial charge in [-0.2, -0.15) is 5.26 Å². The highest BCUT2D eigenvalue weighted by atomic mass is 35.5. The predicted octanol–water partition coefficient (Wildman–Crippen LogP) is 4.76. The molecule has 2 amide bonds. The zero-order valence-electron chi connectivity index (χ0n) is 22.0. The van der Waals surface area contributed by atoms with E-state index in [1.807, 2.05) is 6.07 Å². The molecule has 0 bridgehead atoms. The molecule has 0 spiro atoms. The maximum absolute atomic E-state index is 13.1. The van der Waals surface area contributed by atoms with E-state index in [9.17, 15) is 14.9 Å². The van der Waals surface area contributed by atoms with Crippen molar-refractivity contribution in [3.63, 3.8) is 0 Å². The minimum Gasteiger partial charge on any atom is -0.493 e. The minimum absolute atomic E-state index is 0.0100. The highest BCUT2D eigenvalue weighted by Crippen LogP contribution is 2.40. The molecule has 1 fully saturated rings. The van der Waals surface area contributed by atoms with E-state index in [0.29, 0.717) is 45.2 Å². The van der Waals surface area contributed by atoms with Crippen molar-refractivity contribution in [2.45, 2.75) is 12.3 Å². The second-order valence-corrected chi connectivity index (χ2v) is 9.89. The number of nitrogens with two attached hydrogens (primary N) is 1. The maximum Gasteiger partial charge on any atom is 0.291 e. The number of carbonyl (C=O) groups excluding carboxylic acids is 2. The zero-order chi connectivity index (χ0) is 28.6. The Morgan fingerprint density at radius 1 is 1.15 bits per heavy atom.